The van der Waals surface area contributed by atoms with Gasteiger partial charge >= 0.3 is 0 Å². The number of likely N-dealkylation sites (tertiary alicyclic amines) is 1. The molecule has 1 aliphatic rings. The Bertz CT molecular complexity index is 690. The van der Waals surface area contributed by atoms with Crippen LogP contribution >= 0.6 is 23.4 Å². The van der Waals surface area contributed by atoms with Crippen LogP contribution in [0.5, 0.6) is 0 Å². The summed E-state index contributed by atoms with van der Waals surface area (Å²) in [7, 11) is 0. The molecule has 0 spiro atoms. The minimum Gasteiger partial charge on any atom is -0.335 e. The number of halogens is 2. The molecule has 3 rings (SSSR count). The molecule has 5 heteroatoms. The highest BCUT2D eigenvalue weighted by molar-refractivity contribution is 7.99. The average Bonchev–Trinajstić information content (AvgIpc) is 3.07. The van der Waals surface area contributed by atoms with E-state index in [1.54, 1.807) is 23.9 Å². The van der Waals surface area contributed by atoms with Crippen LogP contribution in [-0.4, -0.2) is 23.1 Å². The second-order valence-corrected chi connectivity index (χ2v) is 7.34. The molecule has 1 fully saturated rings. The molecule has 2 nitrogen and oxygen atoms in total. The van der Waals surface area contributed by atoms with Gasteiger partial charge < -0.3 is 4.90 Å². The Labute approximate surface area is 151 Å². The molecule has 1 saturated heterocycles. The van der Waals surface area contributed by atoms with E-state index in [1.807, 2.05) is 29.2 Å². The van der Waals surface area contributed by atoms with Gasteiger partial charge in [0.1, 0.15) is 5.82 Å². The van der Waals surface area contributed by atoms with Crippen LogP contribution in [0.25, 0.3) is 0 Å². The Morgan fingerprint density at radius 2 is 1.88 bits per heavy atom. The van der Waals surface area contributed by atoms with Gasteiger partial charge in [-0.25, -0.2) is 4.39 Å². The smallest absolute Gasteiger partial charge is 0.233 e. The molecule has 1 amide bonds. The summed E-state index contributed by atoms with van der Waals surface area (Å²) in [6.45, 7) is 0.780. The van der Waals surface area contributed by atoms with Gasteiger partial charge in [-0.05, 0) is 48.2 Å². The van der Waals surface area contributed by atoms with E-state index in [-0.39, 0.29) is 17.8 Å². The Balaban J connectivity index is 1.55. The van der Waals surface area contributed by atoms with Gasteiger partial charge in [0.05, 0.1) is 11.8 Å². The molecule has 0 radical (unpaired) electrons. The van der Waals surface area contributed by atoms with Crippen LogP contribution in [0.2, 0.25) is 5.02 Å². The van der Waals surface area contributed by atoms with Crippen molar-refractivity contribution in [3.8, 4) is 0 Å². The Kier molecular flexibility index (Phi) is 5.80. The number of thioether (sulfide) groups is 1. The van der Waals surface area contributed by atoms with Crippen molar-refractivity contribution in [3.63, 3.8) is 0 Å². The summed E-state index contributed by atoms with van der Waals surface area (Å²) in [6.07, 6.45) is 1.94. The van der Waals surface area contributed by atoms with Crippen molar-refractivity contribution < 1.29 is 9.18 Å². The molecule has 1 heterocycles. The van der Waals surface area contributed by atoms with Crippen molar-refractivity contribution in [1.82, 2.24) is 4.90 Å². The zero-order chi connectivity index (χ0) is 16.9. The van der Waals surface area contributed by atoms with E-state index in [1.165, 1.54) is 12.1 Å². The molecule has 0 aliphatic carbocycles. The van der Waals surface area contributed by atoms with E-state index in [9.17, 15) is 9.18 Å². The van der Waals surface area contributed by atoms with Crippen LogP contribution < -0.4 is 0 Å². The predicted molar refractivity (Wildman–Crippen MR) is 97.7 cm³/mol. The number of benzene rings is 2. The molecule has 2 aromatic carbocycles. The number of carbonyl (C=O) groups excluding carboxylic acids is 1. The second kappa shape index (κ2) is 8.04. The van der Waals surface area contributed by atoms with Gasteiger partial charge in [0.15, 0.2) is 0 Å². The molecule has 0 aromatic heterocycles. The van der Waals surface area contributed by atoms with E-state index in [0.717, 1.165) is 41.3 Å². The largest absolute Gasteiger partial charge is 0.335 e. The van der Waals surface area contributed by atoms with Crippen molar-refractivity contribution in [2.24, 2.45) is 0 Å². The molecule has 2 aromatic rings. The molecule has 0 N–H and O–H groups in total. The minimum absolute atomic E-state index is 0.0780. The predicted octanol–water partition coefficient (Wildman–Crippen LogP) is 5.08. The Morgan fingerprint density at radius 1 is 1.17 bits per heavy atom. The summed E-state index contributed by atoms with van der Waals surface area (Å²) in [5.74, 6) is 1.16. The van der Waals surface area contributed by atoms with Crippen molar-refractivity contribution in [2.75, 3.05) is 12.3 Å². The molecule has 1 aliphatic heterocycles. The minimum atomic E-state index is -0.242. The number of hydrogen-bond acceptors (Lipinski definition) is 2. The monoisotopic (exact) mass is 363 g/mol. The molecular weight excluding hydrogens is 345 g/mol. The van der Waals surface area contributed by atoms with Gasteiger partial charge in [-0.3, -0.25) is 4.79 Å². The van der Waals surface area contributed by atoms with Crippen LogP contribution in [0.4, 0.5) is 4.39 Å². The molecule has 126 valence electrons. The first-order chi connectivity index (χ1) is 11.6. The quantitative estimate of drug-likeness (QED) is 0.738. The first-order valence-corrected chi connectivity index (χ1v) is 9.54. The number of hydrogen-bond donors (Lipinski definition) is 0. The summed E-state index contributed by atoms with van der Waals surface area (Å²) >= 11 is 7.49. The zero-order valence-electron chi connectivity index (χ0n) is 13.3. The van der Waals surface area contributed by atoms with E-state index in [4.69, 9.17) is 11.6 Å². The van der Waals surface area contributed by atoms with Crippen LogP contribution in [0.15, 0.2) is 48.5 Å². The molecule has 0 bridgehead atoms. The zero-order valence-corrected chi connectivity index (χ0v) is 14.8. The number of carbonyl (C=O) groups is 1. The van der Waals surface area contributed by atoms with E-state index in [0.29, 0.717) is 5.75 Å². The SMILES string of the molecule is O=C(CSCc1ccc(Cl)cc1)N1CCCC1c1ccc(F)cc1. The molecule has 24 heavy (non-hydrogen) atoms. The lowest BCUT2D eigenvalue weighted by Crippen LogP contribution is -2.32. The fourth-order valence-electron chi connectivity index (χ4n) is 3.02. The molecule has 1 unspecified atom stereocenters. The summed E-state index contributed by atoms with van der Waals surface area (Å²) in [4.78, 5) is 14.5. The van der Waals surface area contributed by atoms with E-state index >= 15 is 0 Å². The van der Waals surface area contributed by atoms with Crippen LogP contribution in [0, 0.1) is 5.82 Å². The van der Waals surface area contributed by atoms with E-state index in [2.05, 4.69) is 0 Å². The average molecular weight is 364 g/mol. The topological polar surface area (TPSA) is 20.3 Å². The standard InChI is InChI=1S/C19H19ClFNOS/c20-16-7-3-14(4-8-16)12-24-13-19(23)22-11-1-2-18(22)15-5-9-17(21)10-6-15/h3-10,18H,1-2,11-13H2. The fraction of sp³-hybridized carbons (Fsp3) is 0.316. The molecular formula is C19H19ClFNOS. The maximum absolute atomic E-state index is 13.1. The fourth-order valence-corrected chi connectivity index (χ4v) is 4.01. The summed E-state index contributed by atoms with van der Waals surface area (Å²) in [6, 6.07) is 14.3. The van der Waals surface area contributed by atoms with Crippen molar-refractivity contribution >= 4 is 29.3 Å². The lowest BCUT2D eigenvalue weighted by atomic mass is 10.0. The van der Waals surface area contributed by atoms with Crippen molar-refractivity contribution in [3.05, 3.63) is 70.5 Å². The van der Waals surface area contributed by atoms with Crippen LogP contribution in [-0.2, 0) is 10.5 Å². The highest BCUT2D eigenvalue weighted by atomic mass is 35.5. The lowest BCUT2D eigenvalue weighted by Gasteiger charge is -2.25. The Morgan fingerprint density at radius 3 is 2.58 bits per heavy atom. The van der Waals surface area contributed by atoms with Crippen LogP contribution in [0.1, 0.15) is 30.0 Å². The Hall–Kier alpha value is -1.52. The number of amides is 1. The summed E-state index contributed by atoms with van der Waals surface area (Å²) in [5, 5.41) is 0.721. The van der Waals surface area contributed by atoms with Crippen LogP contribution in [0.3, 0.4) is 0 Å². The van der Waals surface area contributed by atoms with Gasteiger partial charge in [0, 0.05) is 17.3 Å². The highest BCUT2D eigenvalue weighted by Crippen LogP contribution is 2.32. The number of nitrogens with zero attached hydrogens (tertiary/aromatic N) is 1. The summed E-state index contributed by atoms with van der Waals surface area (Å²) in [5.41, 5.74) is 2.18. The normalized spacial score (nSPS) is 17.2. The van der Waals surface area contributed by atoms with E-state index < -0.39 is 0 Å². The maximum atomic E-state index is 13.1. The van der Waals surface area contributed by atoms with Gasteiger partial charge in [-0.2, -0.15) is 0 Å². The third-order valence-electron chi connectivity index (χ3n) is 4.24. The van der Waals surface area contributed by atoms with Gasteiger partial charge in [0.25, 0.3) is 0 Å². The maximum Gasteiger partial charge on any atom is 0.233 e. The number of rotatable bonds is 5. The first kappa shape index (κ1) is 17.3. The lowest BCUT2D eigenvalue weighted by molar-refractivity contribution is -0.129. The van der Waals surface area contributed by atoms with Gasteiger partial charge in [-0.15, -0.1) is 11.8 Å². The second-order valence-electron chi connectivity index (χ2n) is 5.92. The van der Waals surface area contributed by atoms with Gasteiger partial charge in [0.2, 0.25) is 5.91 Å². The van der Waals surface area contributed by atoms with Crippen molar-refractivity contribution in [1.29, 1.82) is 0 Å². The molecule has 0 saturated carbocycles. The summed E-state index contributed by atoms with van der Waals surface area (Å²) < 4.78 is 13.1. The first-order valence-electron chi connectivity index (χ1n) is 8.00. The third kappa shape index (κ3) is 4.31. The van der Waals surface area contributed by atoms with Gasteiger partial charge in [-0.1, -0.05) is 35.9 Å². The van der Waals surface area contributed by atoms with Crippen molar-refractivity contribution in [2.45, 2.75) is 24.6 Å². The molecule has 1 atom stereocenters. The third-order valence-corrected chi connectivity index (χ3v) is 5.48. The highest BCUT2D eigenvalue weighted by Gasteiger charge is 2.29.